The van der Waals surface area contributed by atoms with Crippen molar-refractivity contribution in [3.63, 3.8) is 0 Å². The zero-order valence-electron chi connectivity index (χ0n) is 22.1. The molecule has 8 nitrogen and oxygen atoms in total. The Bertz CT molecular complexity index is 612. The van der Waals surface area contributed by atoms with Gasteiger partial charge in [-0.3, -0.25) is 0 Å². The first-order valence-corrected chi connectivity index (χ1v) is 20.2. The summed E-state index contributed by atoms with van der Waals surface area (Å²) in [5, 5.41) is 0. The van der Waals surface area contributed by atoms with Gasteiger partial charge in [-0.2, -0.15) is 0 Å². The number of carbonyl (C=O) groups is 2. The van der Waals surface area contributed by atoms with Crippen LogP contribution in [0.5, 0.6) is 0 Å². The van der Waals surface area contributed by atoms with E-state index in [4.69, 9.17) is 27.2 Å². The van der Waals surface area contributed by atoms with Gasteiger partial charge >= 0.3 is 20.5 Å². The molecular weight excluding hydrogens is 476 g/mol. The first kappa shape index (κ1) is 31.9. The van der Waals surface area contributed by atoms with E-state index < -0.39 is 49.7 Å². The van der Waals surface area contributed by atoms with E-state index in [-0.39, 0.29) is 11.5 Å². The smallest absolute Gasteiger partial charge is 0.332 e. The van der Waals surface area contributed by atoms with E-state index in [0.29, 0.717) is 12.8 Å². The van der Waals surface area contributed by atoms with Gasteiger partial charge in [0.15, 0.2) is 0 Å². The molecule has 0 aromatic carbocycles. The van der Waals surface area contributed by atoms with Gasteiger partial charge in [-0.05, 0) is 66.0 Å². The third-order valence-corrected chi connectivity index (χ3v) is 17.3. The van der Waals surface area contributed by atoms with E-state index in [1.165, 1.54) is 0 Å². The normalized spacial score (nSPS) is 16.3. The van der Waals surface area contributed by atoms with Gasteiger partial charge in [0.1, 0.15) is 0 Å². The van der Waals surface area contributed by atoms with Crippen LogP contribution in [-0.4, -0.2) is 61.2 Å². The number of esters is 2. The van der Waals surface area contributed by atoms with Crippen LogP contribution in [-0.2, 0) is 36.8 Å². The fraction of sp³-hybridized carbons (Fsp3) is 0.727. The first-order valence-electron chi connectivity index (χ1n) is 11.4. The summed E-state index contributed by atoms with van der Waals surface area (Å²) < 4.78 is 35.7. The van der Waals surface area contributed by atoms with E-state index in [1.807, 2.05) is 26.9 Å². The van der Waals surface area contributed by atoms with Crippen molar-refractivity contribution in [1.29, 1.82) is 0 Å². The molecular formula is C22H44O8Si3. The first-order chi connectivity index (χ1) is 15.0. The fourth-order valence-corrected chi connectivity index (χ4v) is 18.6. The SMILES string of the molecule is C=CC(=O)OC(C)OC(CC)[Si](C)(C)O[Si](C)(C)O[Si](C)(C)C(CC)OC(C)OC(=O)C=C. The lowest BCUT2D eigenvalue weighted by Crippen LogP contribution is -2.60. The van der Waals surface area contributed by atoms with Gasteiger partial charge in [0, 0.05) is 12.2 Å². The van der Waals surface area contributed by atoms with Crippen LogP contribution in [0, 0.1) is 0 Å². The molecule has 0 heterocycles. The van der Waals surface area contributed by atoms with E-state index in [1.54, 1.807) is 13.8 Å². The molecule has 0 aromatic rings. The van der Waals surface area contributed by atoms with Crippen LogP contribution in [0.2, 0.25) is 39.3 Å². The van der Waals surface area contributed by atoms with Crippen LogP contribution in [0.25, 0.3) is 0 Å². The van der Waals surface area contributed by atoms with Gasteiger partial charge in [-0.25, -0.2) is 9.59 Å². The molecule has 0 aliphatic rings. The predicted molar refractivity (Wildman–Crippen MR) is 136 cm³/mol. The Morgan fingerprint density at radius 2 is 1.03 bits per heavy atom. The minimum Gasteiger partial charge on any atom is -0.434 e. The molecule has 0 spiro atoms. The molecule has 11 heteroatoms. The lowest BCUT2D eigenvalue weighted by molar-refractivity contribution is -0.174. The molecule has 192 valence electrons. The maximum absolute atomic E-state index is 11.5. The van der Waals surface area contributed by atoms with Crippen molar-refractivity contribution < 1.29 is 36.8 Å². The van der Waals surface area contributed by atoms with Gasteiger partial charge in [0.25, 0.3) is 0 Å². The average Bonchev–Trinajstić information content (AvgIpc) is 2.67. The van der Waals surface area contributed by atoms with E-state index in [0.717, 1.165) is 12.2 Å². The minimum atomic E-state index is -2.60. The summed E-state index contributed by atoms with van der Waals surface area (Å²) in [4.78, 5) is 23.0. The molecule has 33 heavy (non-hydrogen) atoms. The van der Waals surface area contributed by atoms with Crippen LogP contribution in [0.3, 0.4) is 0 Å². The maximum Gasteiger partial charge on any atom is 0.332 e. The third kappa shape index (κ3) is 11.7. The largest absolute Gasteiger partial charge is 0.434 e. The Balaban J connectivity index is 5.31. The number of rotatable bonds is 16. The number of ether oxygens (including phenoxy) is 4. The summed E-state index contributed by atoms with van der Waals surface area (Å²) in [7, 11) is -7.39. The highest BCUT2D eigenvalue weighted by atomic mass is 28.5. The van der Waals surface area contributed by atoms with Gasteiger partial charge < -0.3 is 27.2 Å². The number of hydrogen-bond acceptors (Lipinski definition) is 8. The molecule has 0 bridgehead atoms. The second-order valence-electron chi connectivity index (χ2n) is 9.29. The fourth-order valence-electron chi connectivity index (χ4n) is 3.86. The second kappa shape index (κ2) is 13.7. The third-order valence-electron chi connectivity index (χ3n) is 4.92. The van der Waals surface area contributed by atoms with Crippen molar-refractivity contribution >= 4 is 37.1 Å². The summed E-state index contributed by atoms with van der Waals surface area (Å²) in [6, 6.07) is 0. The average molecular weight is 521 g/mol. The lowest BCUT2D eigenvalue weighted by atomic mass is 10.5. The standard InChI is InChI=1S/C22H44O8Si3/c1-13-19(23)25-17(5)27-21(15-3)31(7,8)29-33(11,12)30-32(9,10)22(16-4)28-18(6)26-20(24)14-2/h13-14,17-18,21-22H,1-2,15-16H2,3-12H3. The molecule has 0 fully saturated rings. The molecule has 0 aromatic heterocycles. The Hall–Kier alpha value is -1.09. The zero-order valence-corrected chi connectivity index (χ0v) is 25.1. The van der Waals surface area contributed by atoms with Crippen molar-refractivity contribution in [3.8, 4) is 0 Å². The Morgan fingerprint density at radius 1 is 0.727 bits per heavy atom. The van der Waals surface area contributed by atoms with E-state index >= 15 is 0 Å². The quantitative estimate of drug-likeness (QED) is 0.122. The maximum atomic E-state index is 11.5. The number of carbonyl (C=O) groups excluding carboxylic acids is 2. The van der Waals surface area contributed by atoms with Gasteiger partial charge in [0.05, 0.1) is 11.5 Å². The summed E-state index contributed by atoms with van der Waals surface area (Å²) in [5.41, 5.74) is -0.386. The highest BCUT2D eigenvalue weighted by Gasteiger charge is 2.46. The minimum absolute atomic E-state index is 0.193. The van der Waals surface area contributed by atoms with Crippen molar-refractivity contribution in [1.82, 2.24) is 0 Å². The predicted octanol–water partition coefficient (Wildman–Crippen LogP) is 4.95. The van der Waals surface area contributed by atoms with Crippen LogP contribution in [0.1, 0.15) is 40.5 Å². The summed E-state index contributed by atoms with van der Waals surface area (Å²) in [5.74, 6) is -1.05. The highest BCUT2D eigenvalue weighted by Crippen LogP contribution is 2.28. The summed E-state index contributed by atoms with van der Waals surface area (Å²) >= 11 is 0. The topological polar surface area (TPSA) is 89.5 Å². The van der Waals surface area contributed by atoms with Crippen LogP contribution in [0.4, 0.5) is 0 Å². The summed E-state index contributed by atoms with van der Waals surface area (Å²) in [6.45, 7) is 26.6. The Labute approximate surface area is 203 Å². The van der Waals surface area contributed by atoms with Crippen LogP contribution < -0.4 is 0 Å². The molecule has 0 rings (SSSR count). The van der Waals surface area contributed by atoms with Gasteiger partial charge in [-0.15, -0.1) is 0 Å². The Morgan fingerprint density at radius 3 is 1.27 bits per heavy atom. The molecule has 4 atom stereocenters. The molecule has 0 radical (unpaired) electrons. The molecule has 0 saturated carbocycles. The molecule has 0 N–H and O–H groups in total. The van der Waals surface area contributed by atoms with Crippen LogP contribution in [0.15, 0.2) is 25.3 Å². The van der Waals surface area contributed by atoms with Crippen molar-refractivity contribution in [2.45, 2.75) is 104 Å². The van der Waals surface area contributed by atoms with E-state index in [2.05, 4.69) is 39.3 Å². The molecule has 0 saturated heterocycles. The summed E-state index contributed by atoms with van der Waals surface area (Å²) in [6.07, 6.45) is 2.25. The zero-order chi connectivity index (χ0) is 26.0. The second-order valence-corrected chi connectivity index (χ2v) is 21.4. The van der Waals surface area contributed by atoms with Crippen LogP contribution >= 0.6 is 0 Å². The molecule has 0 aliphatic heterocycles. The van der Waals surface area contributed by atoms with Gasteiger partial charge in [-0.1, -0.05) is 27.0 Å². The van der Waals surface area contributed by atoms with Crippen molar-refractivity contribution in [2.75, 3.05) is 0 Å². The monoisotopic (exact) mass is 520 g/mol. The highest BCUT2D eigenvalue weighted by molar-refractivity contribution is 6.88. The Kier molecular flexibility index (Phi) is 13.3. The van der Waals surface area contributed by atoms with E-state index in [9.17, 15) is 9.59 Å². The van der Waals surface area contributed by atoms with Crippen molar-refractivity contribution in [3.05, 3.63) is 25.3 Å². The number of hydrogen-bond donors (Lipinski definition) is 0. The lowest BCUT2D eigenvalue weighted by Gasteiger charge is -2.43. The molecule has 0 aliphatic carbocycles. The molecule has 0 amide bonds. The van der Waals surface area contributed by atoms with Gasteiger partial charge in [0.2, 0.25) is 29.2 Å². The molecule has 4 unspecified atom stereocenters. The van der Waals surface area contributed by atoms with Crippen molar-refractivity contribution in [2.24, 2.45) is 0 Å².